The highest BCUT2D eigenvalue weighted by Gasteiger charge is 2.27. The van der Waals surface area contributed by atoms with E-state index in [0.717, 1.165) is 51.4 Å². The molecule has 8 heteroatoms. The number of aromatic nitrogens is 1. The van der Waals surface area contributed by atoms with Gasteiger partial charge in [-0.15, -0.1) is 6.58 Å². The van der Waals surface area contributed by atoms with Crippen molar-refractivity contribution in [3.63, 3.8) is 0 Å². The first kappa shape index (κ1) is 23.7. The number of allylic oxidation sites excluding steroid dienone is 1. The Morgan fingerprint density at radius 2 is 1.55 bits per heavy atom. The molecule has 3 heterocycles. The lowest BCUT2D eigenvalue weighted by Gasteiger charge is -2.22. The Kier molecular flexibility index (Phi) is 7.34. The summed E-state index contributed by atoms with van der Waals surface area (Å²) >= 11 is 0. The molecule has 0 spiro atoms. The maximum Gasteiger partial charge on any atom is 0.259 e. The van der Waals surface area contributed by atoms with E-state index in [4.69, 9.17) is 0 Å². The molecule has 2 aliphatic heterocycles. The molecular weight excluding hydrogens is 438 g/mol. The van der Waals surface area contributed by atoms with Crippen molar-refractivity contribution in [3.8, 4) is 0 Å². The number of amides is 1. The SMILES string of the molecule is C=CCn1cc(C(=O)N2CCCCCC2)c(=O)c2cc(S(=O)(=O)N3CCCCCC3)ccc21. The normalized spacial score (nSPS) is 18.6. The Morgan fingerprint density at radius 1 is 0.939 bits per heavy atom. The van der Waals surface area contributed by atoms with E-state index >= 15 is 0 Å². The molecule has 2 fully saturated rings. The van der Waals surface area contributed by atoms with Crippen LogP contribution in [0.1, 0.15) is 61.7 Å². The summed E-state index contributed by atoms with van der Waals surface area (Å²) in [5, 5.41) is 0.258. The molecule has 2 aliphatic rings. The summed E-state index contributed by atoms with van der Waals surface area (Å²) in [6, 6.07) is 4.69. The Bertz CT molecular complexity index is 1190. The topological polar surface area (TPSA) is 79.7 Å². The molecular formula is C25H33N3O4S. The minimum atomic E-state index is -3.71. The number of carbonyl (C=O) groups is 1. The fourth-order valence-corrected chi connectivity index (χ4v) is 6.40. The molecule has 1 aromatic heterocycles. The summed E-state index contributed by atoms with van der Waals surface area (Å²) in [5.41, 5.74) is 0.283. The van der Waals surface area contributed by atoms with Gasteiger partial charge in [0.1, 0.15) is 5.56 Å². The van der Waals surface area contributed by atoms with Crippen LogP contribution in [0.25, 0.3) is 10.9 Å². The van der Waals surface area contributed by atoms with E-state index in [2.05, 4.69) is 6.58 Å². The molecule has 0 unspecified atom stereocenters. The summed E-state index contributed by atoms with van der Waals surface area (Å²) in [7, 11) is -3.71. The number of benzene rings is 1. The van der Waals surface area contributed by atoms with Crippen molar-refractivity contribution in [2.45, 2.75) is 62.8 Å². The van der Waals surface area contributed by atoms with Crippen LogP contribution in [0.5, 0.6) is 0 Å². The third-order valence-electron chi connectivity index (χ3n) is 6.70. The van der Waals surface area contributed by atoms with Crippen LogP contribution in [0.4, 0.5) is 0 Å². The monoisotopic (exact) mass is 471 g/mol. The second kappa shape index (κ2) is 10.2. The lowest BCUT2D eigenvalue weighted by molar-refractivity contribution is 0.0759. The Hall–Kier alpha value is -2.45. The number of hydrogen-bond acceptors (Lipinski definition) is 4. The van der Waals surface area contributed by atoms with Crippen LogP contribution < -0.4 is 5.43 Å². The van der Waals surface area contributed by atoms with Gasteiger partial charge in [0, 0.05) is 44.3 Å². The second-order valence-electron chi connectivity index (χ2n) is 9.02. The van der Waals surface area contributed by atoms with Gasteiger partial charge in [-0.05, 0) is 43.9 Å². The van der Waals surface area contributed by atoms with Gasteiger partial charge in [0.05, 0.1) is 10.4 Å². The van der Waals surface area contributed by atoms with Crippen molar-refractivity contribution in [2.75, 3.05) is 26.2 Å². The number of pyridine rings is 1. The molecule has 0 saturated carbocycles. The first-order valence-electron chi connectivity index (χ1n) is 12.0. The summed E-state index contributed by atoms with van der Waals surface area (Å²) in [6.07, 6.45) is 11.1. The van der Waals surface area contributed by atoms with Gasteiger partial charge >= 0.3 is 0 Å². The summed E-state index contributed by atoms with van der Waals surface area (Å²) in [5.74, 6) is -0.276. The summed E-state index contributed by atoms with van der Waals surface area (Å²) in [4.78, 5) is 28.6. The molecule has 0 bridgehead atoms. The van der Waals surface area contributed by atoms with E-state index in [1.165, 1.54) is 10.4 Å². The fourth-order valence-electron chi connectivity index (χ4n) is 4.85. The van der Waals surface area contributed by atoms with Crippen molar-refractivity contribution in [2.24, 2.45) is 0 Å². The molecule has 0 radical (unpaired) electrons. The van der Waals surface area contributed by atoms with Crippen molar-refractivity contribution >= 4 is 26.8 Å². The van der Waals surface area contributed by atoms with Gasteiger partial charge in [-0.25, -0.2) is 8.42 Å². The molecule has 178 valence electrons. The number of fused-ring (bicyclic) bond motifs is 1. The maximum absolute atomic E-state index is 13.5. The predicted molar refractivity (Wildman–Crippen MR) is 130 cm³/mol. The van der Waals surface area contributed by atoms with Crippen molar-refractivity contribution in [3.05, 3.63) is 52.8 Å². The quantitative estimate of drug-likeness (QED) is 0.622. The molecule has 2 aromatic rings. The third kappa shape index (κ3) is 4.92. The molecule has 4 rings (SSSR count). The van der Waals surface area contributed by atoms with Crippen LogP contribution in [0.3, 0.4) is 0 Å². The predicted octanol–water partition coefficient (Wildman–Crippen LogP) is 3.77. The smallest absolute Gasteiger partial charge is 0.259 e. The number of likely N-dealkylation sites (tertiary alicyclic amines) is 1. The average molecular weight is 472 g/mol. The standard InChI is InChI=1S/C25H33N3O4S/c1-2-13-27-19-22(25(30)26-14-7-3-4-8-15-26)24(29)21-18-20(11-12-23(21)27)33(31,32)28-16-9-5-6-10-17-28/h2,11-12,18-19H,1,3-10,13-17H2. The number of sulfonamides is 1. The van der Waals surface area contributed by atoms with E-state index in [-0.39, 0.29) is 21.8 Å². The molecule has 0 N–H and O–H groups in total. The fraction of sp³-hybridized carbons (Fsp3) is 0.520. The lowest BCUT2D eigenvalue weighted by Crippen LogP contribution is -2.35. The van der Waals surface area contributed by atoms with E-state index in [0.29, 0.717) is 38.2 Å². The van der Waals surface area contributed by atoms with Gasteiger partial charge in [0.15, 0.2) is 0 Å². The van der Waals surface area contributed by atoms with Crippen molar-refractivity contribution in [1.82, 2.24) is 13.8 Å². The van der Waals surface area contributed by atoms with E-state index in [9.17, 15) is 18.0 Å². The number of carbonyl (C=O) groups excluding carboxylic acids is 1. The first-order chi connectivity index (χ1) is 15.9. The third-order valence-corrected chi connectivity index (χ3v) is 8.60. The van der Waals surface area contributed by atoms with Gasteiger partial charge in [-0.1, -0.05) is 31.8 Å². The molecule has 7 nitrogen and oxygen atoms in total. The van der Waals surface area contributed by atoms with Gasteiger partial charge in [-0.2, -0.15) is 4.31 Å². The Labute approximate surface area is 195 Å². The first-order valence-corrected chi connectivity index (χ1v) is 13.4. The van der Waals surface area contributed by atoms with Crippen LogP contribution >= 0.6 is 0 Å². The highest BCUT2D eigenvalue weighted by atomic mass is 32.2. The van der Waals surface area contributed by atoms with Crippen LogP contribution in [0.15, 0.2) is 46.7 Å². The Morgan fingerprint density at radius 3 is 2.15 bits per heavy atom. The van der Waals surface area contributed by atoms with Gasteiger partial charge in [0.2, 0.25) is 15.5 Å². The average Bonchev–Trinajstić information content (AvgIpc) is 3.26. The maximum atomic E-state index is 13.5. The second-order valence-corrected chi connectivity index (χ2v) is 11.0. The van der Waals surface area contributed by atoms with Crippen LogP contribution in [0, 0.1) is 0 Å². The zero-order valence-electron chi connectivity index (χ0n) is 19.2. The highest BCUT2D eigenvalue weighted by Crippen LogP contribution is 2.24. The van der Waals surface area contributed by atoms with E-state index < -0.39 is 15.5 Å². The van der Waals surface area contributed by atoms with Crippen molar-refractivity contribution in [1.29, 1.82) is 0 Å². The minimum absolute atomic E-state index is 0.0931. The zero-order chi connectivity index (χ0) is 23.4. The molecule has 2 saturated heterocycles. The summed E-state index contributed by atoms with van der Waals surface area (Å²) in [6.45, 7) is 6.47. The number of rotatable bonds is 5. The molecule has 1 amide bonds. The highest BCUT2D eigenvalue weighted by molar-refractivity contribution is 7.89. The van der Waals surface area contributed by atoms with Gasteiger partial charge in [0.25, 0.3) is 5.91 Å². The summed E-state index contributed by atoms with van der Waals surface area (Å²) < 4.78 is 30.0. The van der Waals surface area contributed by atoms with Crippen LogP contribution in [-0.2, 0) is 16.6 Å². The largest absolute Gasteiger partial charge is 0.343 e. The van der Waals surface area contributed by atoms with Gasteiger partial charge in [-0.3, -0.25) is 9.59 Å². The zero-order valence-corrected chi connectivity index (χ0v) is 20.0. The molecule has 0 aliphatic carbocycles. The van der Waals surface area contributed by atoms with Crippen LogP contribution in [0.2, 0.25) is 0 Å². The lowest BCUT2D eigenvalue weighted by atomic mass is 10.1. The Balaban J connectivity index is 1.81. The minimum Gasteiger partial charge on any atom is -0.343 e. The molecule has 0 atom stereocenters. The van der Waals surface area contributed by atoms with E-state index in [1.807, 2.05) is 0 Å². The molecule has 33 heavy (non-hydrogen) atoms. The number of nitrogens with zero attached hydrogens (tertiary/aromatic N) is 3. The molecule has 1 aromatic carbocycles. The number of hydrogen-bond donors (Lipinski definition) is 0. The van der Waals surface area contributed by atoms with E-state index in [1.54, 1.807) is 33.9 Å². The van der Waals surface area contributed by atoms with Crippen molar-refractivity contribution < 1.29 is 13.2 Å². The van der Waals surface area contributed by atoms with Crippen LogP contribution in [-0.4, -0.2) is 54.3 Å². The van der Waals surface area contributed by atoms with Gasteiger partial charge < -0.3 is 9.47 Å².